The molecule has 1 unspecified atom stereocenters. The van der Waals surface area contributed by atoms with E-state index >= 15 is 0 Å². The van der Waals surface area contributed by atoms with Crippen LogP contribution in [0, 0.1) is 11.6 Å². The summed E-state index contributed by atoms with van der Waals surface area (Å²) in [5.41, 5.74) is 1.30. The van der Waals surface area contributed by atoms with Gasteiger partial charge in [-0.2, -0.15) is 5.10 Å². The van der Waals surface area contributed by atoms with Crippen molar-refractivity contribution in [1.29, 1.82) is 0 Å². The molecule has 0 saturated carbocycles. The largest absolute Gasteiger partial charge is 0.382 e. The van der Waals surface area contributed by atoms with E-state index in [0.717, 1.165) is 0 Å². The Labute approximate surface area is 169 Å². The smallest absolute Gasteiger partial charge is 0.268 e. The molecular weight excluding hydrogens is 402 g/mol. The van der Waals surface area contributed by atoms with Gasteiger partial charge in [-0.1, -0.05) is 41.0 Å². The average Bonchev–Trinajstić information content (AvgIpc) is 3.33. The molecule has 9 heteroatoms. The first-order chi connectivity index (χ1) is 14.0. The fourth-order valence-electron chi connectivity index (χ4n) is 2.98. The van der Waals surface area contributed by atoms with E-state index in [0.29, 0.717) is 11.3 Å². The van der Waals surface area contributed by atoms with Gasteiger partial charge in [-0.25, -0.2) is 8.78 Å². The summed E-state index contributed by atoms with van der Waals surface area (Å²) in [5, 5.41) is 10.8. The number of benzene rings is 2. The van der Waals surface area contributed by atoms with Crippen LogP contribution in [-0.2, 0) is 16.2 Å². The van der Waals surface area contributed by atoms with Crippen LogP contribution >= 0.6 is 11.6 Å². The lowest BCUT2D eigenvalue weighted by atomic mass is 10.0. The molecule has 1 amide bonds. The number of rotatable bonds is 5. The van der Waals surface area contributed by atoms with E-state index in [2.05, 4.69) is 15.6 Å². The maximum atomic E-state index is 14.0. The van der Waals surface area contributed by atoms with Gasteiger partial charge in [0.05, 0.1) is 34.7 Å². The summed E-state index contributed by atoms with van der Waals surface area (Å²) >= 11 is 6.03. The van der Waals surface area contributed by atoms with E-state index in [-0.39, 0.29) is 35.1 Å². The summed E-state index contributed by atoms with van der Waals surface area (Å²) in [6.45, 7) is 0.224. The third-order valence-electron chi connectivity index (χ3n) is 4.40. The molecule has 1 aliphatic heterocycles. The molecule has 0 radical (unpaired) electrons. The number of carbonyl (C=O) groups is 1. The number of nitrogens with one attached hydrogen (secondary N) is 1. The Morgan fingerprint density at radius 3 is 2.79 bits per heavy atom. The highest BCUT2D eigenvalue weighted by Gasteiger charge is 2.31. The van der Waals surface area contributed by atoms with Gasteiger partial charge < -0.3 is 10.2 Å². The minimum atomic E-state index is -0.921. The molecule has 3 aromatic rings. The second-order valence-corrected chi connectivity index (χ2v) is 6.85. The number of amides is 1. The fraction of sp³-hybridized carbons (Fsp3) is 0.150. The summed E-state index contributed by atoms with van der Waals surface area (Å²) in [7, 11) is 0. The normalized spacial score (nSPS) is 15.7. The molecule has 0 spiro atoms. The summed E-state index contributed by atoms with van der Waals surface area (Å²) in [6, 6.07) is 10.7. The van der Waals surface area contributed by atoms with Crippen LogP contribution in [0.25, 0.3) is 0 Å². The van der Waals surface area contributed by atoms with Gasteiger partial charge in [0, 0.05) is 18.2 Å². The molecule has 0 fully saturated rings. The van der Waals surface area contributed by atoms with Crippen molar-refractivity contribution in [2.24, 2.45) is 5.16 Å². The topological polar surface area (TPSA) is 68.5 Å². The standard InChI is InChI=1S/C20H15ClF2N4O2/c21-14-5-3-7-16(23)19(14)17-8-18(29-26-17)20(28)25-13-9-24-27(11-13)10-12-4-1-2-6-15(12)22/h1-7,9,11,18H,8,10H2,(H,25,28). The first-order valence-electron chi connectivity index (χ1n) is 8.75. The molecule has 0 bridgehead atoms. The number of oxime groups is 1. The molecule has 1 N–H and O–H groups in total. The Morgan fingerprint density at radius 2 is 2.00 bits per heavy atom. The Balaban J connectivity index is 1.39. The lowest BCUT2D eigenvalue weighted by Gasteiger charge is -2.08. The zero-order valence-corrected chi connectivity index (χ0v) is 15.7. The molecule has 1 aromatic heterocycles. The number of hydrogen-bond acceptors (Lipinski definition) is 4. The first-order valence-corrected chi connectivity index (χ1v) is 9.13. The fourth-order valence-corrected chi connectivity index (χ4v) is 3.25. The van der Waals surface area contributed by atoms with Crippen LogP contribution in [0.3, 0.4) is 0 Å². The van der Waals surface area contributed by atoms with Crippen molar-refractivity contribution in [2.75, 3.05) is 5.32 Å². The van der Waals surface area contributed by atoms with Gasteiger partial charge in [-0.15, -0.1) is 0 Å². The minimum absolute atomic E-state index is 0.0792. The van der Waals surface area contributed by atoms with Crippen molar-refractivity contribution >= 4 is 28.9 Å². The van der Waals surface area contributed by atoms with Crippen LogP contribution in [0.15, 0.2) is 60.0 Å². The lowest BCUT2D eigenvalue weighted by Crippen LogP contribution is -2.28. The Kier molecular flexibility index (Phi) is 5.26. The SMILES string of the molecule is O=C(Nc1cnn(Cc2ccccc2F)c1)C1CC(c2c(F)cccc2Cl)=NO1. The number of hydrogen-bond donors (Lipinski definition) is 1. The van der Waals surface area contributed by atoms with Crippen LogP contribution < -0.4 is 5.32 Å². The van der Waals surface area contributed by atoms with E-state index in [4.69, 9.17) is 16.4 Å². The molecule has 1 atom stereocenters. The second kappa shape index (κ2) is 8.00. The maximum Gasteiger partial charge on any atom is 0.268 e. The Bertz CT molecular complexity index is 1080. The van der Waals surface area contributed by atoms with E-state index in [1.54, 1.807) is 30.5 Å². The summed E-state index contributed by atoms with van der Waals surface area (Å²) in [5.74, 6) is -1.32. The summed E-state index contributed by atoms with van der Waals surface area (Å²) < 4.78 is 29.3. The van der Waals surface area contributed by atoms with Crippen LogP contribution in [0.2, 0.25) is 5.02 Å². The van der Waals surface area contributed by atoms with Crippen molar-refractivity contribution in [3.05, 3.63) is 82.6 Å². The Morgan fingerprint density at radius 1 is 1.21 bits per heavy atom. The van der Waals surface area contributed by atoms with Crippen LogP contribution in [0.5, 0.6) is 0 Å². The van der Waals surface area contributed by atoms with Gasteiger partial charge in [0.15, 0.2) is 0 Å². The number of nitrogens with zero attached hydrogens (tertiary/aromatic N) is 3. The van der Waals surface area contributed by atoms with Crippen molar-refractivity contribution in [3.8, 4) is 0 Å². The second-order valence-electron chi connectivity index (χ2n) is 6.44. The summed E-state index contributed by atoms with van der Waals surface area (Å²) in [4.78, 5) is 17.6. The van der Waals surface area contributed by atoms with Crippen molar-refractivity contribution in [3.63, 3.8) is 0 Å². The van der Waals surface area contributed by atoms with Crippen LogP contribution in [0.1, 0.15) is 17.5 Å². The van der Waals surface area contributed by atoms with Crippen LogP contribution in [-0.4, -0.2) is 27.5 Å². The van der Waals surface area contributed by atoms with Gasteiger partial charge in [0.1, 0.15) is 11.6 Å². The molecule has 6 nitrogen and oxygen atoms in total. The zero-order chi connectivity index (χ0) is 20.4. The van der Waals surface area contributed by atoms with Crippen molar-refractivity contribution in [1.82, 2.24) is 9.78 Å². The molecule has 148 valence electrons. The van der Waals surface area contributed by atoms with E-state index < -0.39 is 17.8 Å². The number of halogens is 3. The maximum absolute atomic E-state index is 14.0. The van der Waals surface area contributed by atoms with Gasteiger partial charge >= 0.3 is 0 Å². The van der Waals surface area contributed by atoms with E-state index in [1.807, 2.05) is 0 Å². The molecule has 0 saturated heterocycles. The van der Waals surface area contributed by atoms with Crippen molar-refractivity contribution in [2.45, 2.75) is 19.1 Å². The predicted molar refractivity (Wildman–Crippen MR) is 104 cm³/mol. The number of aromatic nitrogens is 2. The monoisotopic (exact) mass is 416 g/mol. The van der Waals surface area contributed by atoms with Crippen LogP contribution in [0.4, 0.5) is 14.5 Å². The molecular formula is C20H15ClF2N4O2. The van der Waals surface area contributed by atoms with Gasteiger partial charge in [0.25, 0.3) is 5.91 Å². The Hall–Kier alpha value is -3.26. The van der Waals surface area contributed by atoms with E-state index in [1.165, 1.54) is 29.1 Å². The van der Waals surface area contributed by atoms with Gasteiger partial charge in [0.2, 0.25) is 6.10 Å². The third kappa shape index (κ3) is 4.12. The number of carbonyl (C=O) groups excluding carboxylic acids is 1. The van der Waals surface area contributed by atoms with Gasteiger partial charge in [-0.05, 0) is 18.2 Å². The third-order valence-corrected chi connectivity index (χ3v) is 4.72. The highest BCUT2D eigenvalue weighted by molar-refractivity contribution is 6.34. The quantitative estimate of drug-likeness (QED) is 0.683. The first kappa shape index (κ1) is 19.1. The predicted octanol–water partition coefficient (Wildman–Crippen LogP) is 3.99. The molecule has 29 heavy (non-hydrogen) atoms. The zero-order valence-electron chi connectivity index (χ0n) is 15.0. The summed E-state index contributed by atoms with van der Waals surface area (Å²) in [6.07, 6.45) is 2.18. The highest BCUT2D eigenvalue weighted by Crippen LogP contribution is 2.26. The molecule has 2 aromatic carbocycles. The highest BCUT2D eigenvalue weighted by atomic mass is 35.5. The molecule has 2 heterocycles. The number of anilines is 1. The molecule has 0 aliphatic carbocycles. The van der Waals surface area contributed by atoms with Gasteiger partial charge in [-0.3, -0.25) is 9.48 Å². The van der Waals surface area contributed by atoms with E-state index in [9.17, 15) is 13.6 Å². The van der Waals surface area contributed by atoms with Crippen molar-refractivity contribution < 1.29 is 18.4 Å². The lowest BCUT2D eigenvalue weighted by molar-refractivity contribution is -0.125. The molecule has 1 aliphatic rings. The molecule has 4 rings (SSSR count). The average molecular weight is 417 g/mol. The minimum Gasteiger partial charge on any atom is -0.382 e.